The molecule has 136 valence electrons. The van der Waals surface area contributed by atoms with Crippen LogP contribution in [-0.4, -0.2) is 56.7 Å². The normalized spacial score (nSPS) is 20.5. The molecule has 0 bridgehead atoms. The molecule has 2 N–H and O–H groups in total. The Morgan fingerprint density at radius 3 is 2.57 bits per heavy atom. The third-order valence-corrected chi connectivity index (χ3v) is 5.83. The molecule has 1 atom stereocenters. The van der Waals surface area contributed by atoms with Crippen LogP contribution in [0.15, 0.2) is 4.99 Å². The van der Waals surface area contributed by atoms with E-state index >= 15 is 0 Å². The number of rotatable bonds is 7. The van der Waals surface area contributed by atoms with Crippen LogP contribution in [0, 0.1) is 5.41 Å². The summed E-state index contributed by atoms with van der Waals surface area (Å²) in [5.74, 6) is 1.05. The van der Waals surface area contributed by atoms with Crippen molar-refractivity contribution in [3.8, 4) is 0 Å². The summed E-state index contributed by atoms with van der Waals surface area (Å²) in [5, 5.41) is 6.64. The second-order valence-corrected chi connectivity index (χ2v) is 9.56. The van der Waals surface area contributed by atoms with E-state index in [0.29, 0.717) is 31.1 Å². The Bertz CT molecular complexity index is 483. The Morgan fingerprint density at radius 1 is 1.35 bits per heavy atom. The van der Waals surface area contributed by atoms with Gasteiger partial charge in [0.25, 0.3) is 0 Å². The molecule has 1 fully saturated rings. The van der Waals surface area contributed by atoms with E-state index in [2.05, 4.69) is 43.3 Å². The van der Waals surface area contributed by atoms with Crippen LogP contribution < -0.4 is 10.6 Å². The molecule has 0 aromatic heterocycles. The molecular formula is C16H34N4O2S. The van der Waals surface area contributed by atoms with Crippen molar-refractivity contribution in [1.29, 1.82) is 0 Å². The standard InChI is InChI=1S/C16H34N4O2S/c1-6-17-15(19-14(2)8-9-16(3,4)5)18-10-12-20-11-7-13-23(20,21)22/h14H,6-13H2,1-5H3,(H2,17,18,19). The van der Waals surface area contributed by atoms with Crippen LogP contribution in [0.3, 0.4) is 0 Å². The highest BCUT2D eigenvalue weighted by molar-refractivity contribution is 7.89. The van der Waals surface area contributed by atoms with E-state index in [0.717, 1.165) is 31.8 Å². The summed E-state index contributed by atoms with van der Waals surface area (Å²) < 4.78 is 25.1. The van der Waals surface area contributed by atoms with E-state index in [1.165, 1.54) is 0 Å². The third kappa shape index (κ3) is 8.01. The molecule has 0 radical (unpaired) electrons. The van der Waals surface area contributed by atoms with Gasteiger partial charge in [-0.1, -0.05) is 20.8 Å². The number of guanidine groups is 1. The van der Waals surface area contributed by atoms with Gasteiger partial charge < -0.3 is 10.6 Å². The lowest BCUT2D eigenvalue weighted by atomic mass is 9.89. The Kier molecular flexibility index (Phi) is 7.80. The lowest BCUT2D eigenvalue weighted by Crippen LogP contribution is -2.43. The van der Waals surface area contributed by atoms with Crippen LogP contribution in [0.2, 0.25) is 0 Å². The number of nitrogens with one attached hydrogen (secondary N) is 2. The molecule has 0 aromatic carbocycles. The van der Waals surface area contributed by atoms with Crippen LogP contribution in [0.4, 0.5) is 0 Å². The van der Waals surface area contributed by atoms with E-state index in [9.17, 15) is 8.42 Å². The van der Waals surface area contributed by atoms with E-state index in [1.54, 1.807) is 4.31 Å². The van der Waals surface area contributed by atoms with Crippen LogP contribution in [-0.2, 0) is 10.0 Å². The molecule has 6 nitrogen and oxygen atoms in total. The monoisotopic (exact) mass is 346 g/mol. The first-order chi connectivity index (χ1) is 10.6. The van der Waals surface area contributed by atoms with Gasteiger partial charge in [-0.15, -0.1) is 0 Å². The second kappa shape index (κ2) is 8.87. The minimum Gasteiger partial charge on any atom is -0.357 e. The molecule has 1 heterocycles. The number of hydrogen-bond acceptors (Lipinski definition) is 3. The molecule has 23 heavy (non-hydrogen) atoms. The molecule has 0 saturated carbocycles. The summed E-state index contributed by atoms with van der Waals surface area (Å²) in [6.45, 7) is 13.3. The Morgan fingerprint density at radius 2 is 2.04 bits per heavy atom. The molecule has 1 aliphatic heterocycles. The van der Waals surface area contributed by atoms with Crippen molar-refractivity contribution in [3.05, 3.63) is 0 Å². The van der Waals surface area contributed by atoms with Gasteiger partial charge in [-0.05, 0) is 38.5 Å². The SMILES string of the molecule is CCNC(=NCCN1CCCS1(=O)=O)NC(C)CCC(C)(C)C. The highest BCUT2D eigenvalue weighted by atomic mass is 32.2. The first-order valence-electron chi connectivity index (χ1n) is 8.67. The highest BCUT2D eigenvalue weighted by Gasteiger charge is 2.27. The quantitative estimate of drug-likeness (QED) is 0.544. The van der Waals surface area contributed by atoms with Crippen molar-refractivity contribution < 1.29 is 8.42 Å². The zero-order valence-corrected chi connectivity index (χ0v) is 16.2. The Labute approximate surface area is 142 Å². The minimum atomic E-state index is -3.02. The summed E-state index contributed by atoms with van der Waals surface area (Å²) >= 11 is 0. The van der Waals surface area contributed by atoms with Crippen molar-refractivity contribution in [2.24, 2.45) is 10.4 Å². The fourth-order valence-corrected chi connectivity index (χ4v) is 4.01. The van der Waals surface area contributed by atoms with E-state index in [-0.39, 0.29) is 5.75 Å². The van der Waals surface area contributed by atoms with Gasteiger partial charge in [0.1, 0.15) is 0 Å². The lowest BCUT2D eigenvalue weighted by molar-refractivity contribution is 0.346. The van der Waals surface area contributed by atoms with E-state index < -0.39 is 10.0 Å². The van der Waals surface area contributed by atoms with Crippen molar-refractivity contribution in [3.63, 3.8) is 0 Å². The van der Waals surface area contributed by atoms with Crippen LogP contribution >= 0.6 is 0 Å². The fourth-order valence-electron chi connectivity index (χ4n) is 2.49. The molecule has 0 spiro atoms. The molecule has 1 unspecified atom stereocenters. The predicted octanol–water partition coefficient (Wildman–Crippen LogP) is 1.79. The van der Waals surface area contributed by atoms with E-state index in [4.69, 9.17) is 0 Å². The van der Waals surface area contributed by atoms with Gasteiger partial charge >= 0.3 is 0 Å². The Hall–Kier alpha value is -0.820. The first kappa shape index (κ1) is 20.2. The van der Waals surface area contributed by atoms with E-state index in [1.807, 2.05) is 6.92 Å². The molecule has 1 rings (SSSR count). The van der Waals surface area contributed by atoms with Crippen molar-refractivity contribution in [1.82, 2.24) is 14.9 Å². The zero-order valence-electron chi connectivity index (χ0n) is 15.4. The fraction of sp³-hybridized carbons (Fsp3) is 0.938. The number of nitrogens with zero attached hydrogens (tertiary/aromatic N) is 2. The van der Waals surface area contributed by atoms with Crippen LogP contribution in [0.25, 0.3) is 0 Å². The maximum absolute atomic E-state index is 11.8. The third-order valence-electron chi connectivity index (χ3n) is 3.88. The number of hydrogen-bond donors (Lipinski definition) is 2. The maximum Gasteiger partial charge on any atom is 0.214 e. The molecule has 0 aromatic rings. The van der Waals surface area contributed by atoms with Gasteiger partial charge in [0.15, 0.2) is 5.96 Å². The smallest absolute Gasteiger partial charge is 0.214 e. The molecular weight excluding hydrogens is 312 g/mol. The summed E-state index contributed by atoms with van der Waals surface area (Å²) in [6.07, 6.45) is 2.95. The summed E-state index contributed by atoms with van der Waals surface area (Å²) in [7, 11) is -3.02. The predicted molar refractivity (Wildman–Crippen MR) is 97.2 cm³/mol. The van der Waals surface area contributed by atoms with Gasteiger partial charge in [-0.2, -0.15) is 0 Å². The van der Waals surface area contributed by atoms with Gasteiger partial charge in [0.05, 0.1) is 12.3 Å². The van der Waals surface area contributed by atoms with Gasteiger partial charge in [0, 0.05) is 25.7 Å². The van der Waals surface area contributed by atoms with Crippen LogP contribution in [0.5, 0.6) is 0 Å². The largest absolute Gasteiger partial charge is 0.357 e. The average molecular weight is 347 g/mol. The summed E-state index contributed by atoms with van der Waals surface area (Å²) in [6, 6.07) is 0.336. The van der Waals surface area contributed by atoms with Crippen molar-refractivity contribution in [2.45, 2.75) is 59.9 Å². The van der Waals surface area contributed by atoms with Crippen LogP contribution in [0.1, 0.15) is 53.9 Å². The first-order valence-corrected chi connectivity index (χ1v) is 10.3. The van der Waals surface area contributed by atoms with Crippen molar-refractivity contribution >= 4 is 16.0 Å². The second-order valence-electron chi connectivity index (χ2n) is 7.47. The topological polar surface area (TPSA) is 73.8 Å². The van der Waals surface area contributed by atoms with Gasteiger partial charge in [0.2, 0.25) is 10.0 Å². The molecule has 0 amide bonds. The summed E-state index contributed by atoms with van der Waals surface area (Å²) in [5.41, 5.74) is 0.329. The van der Waals surface area contributed by atoms with Crippen molar-refractivity contribution in [2.75, 3.05) is 31.9 Å². The van der Waals surface area contributed by atoms with Gasteiger partial charge in [-0.25, -0.2) is 12.7 Å². The maximum atomic E-state index is 11.8. The molecule has 0 aliphatic carbocycles. The average Bonchev–Trinajstić information content (AvgIpc) is 2.75. The Balaban J connectivity index is 2.46. The zero-order chi connectivity index (χ0) is 17.5. The van der Waals surface area contributed by atoms with Gasteiger partial charge in [-0.3, -0.25) is 4.99 Å². The highest BCUT2D eigenvalue weighted by Crippen LogP contribution is 2.21. The minimum absolute atomic E-state index is 0.277. The molecule has 1 saturated heterocycles. The number of aliphatic imine (C=N–C) groups is 1. The number of sulfonamides is 1. The summed E-state index contributed by atoms with van der Waals surface area (Å²) in [4.78, 5) is 4.52. The molecule has 7 heteroatoms. The molecule has 1 aliphatic rings. The lowest BCUT2D eigenvalue weighted by Gasteiger charge is -2.23.